The molecule has 0 radical (unpaired) electrons. The first-order chi connectivity index (χ1) is 8.45. The number of aromatic amines is 1. The van der Waals surface area contributed by atoms with Gasteiger partial charge in [0.25, 0.3) is 5.91 Å². The molecule has 0 saturated heterocycles. The predicted octanol–water partition coefficient (Wildman–Crippen LogP) is 3.43. The van der Waals surface area contributed by atoms with Gasteiger partial charge in [0.05, 0.1) is 0 Å². The molecule has 1 amide bonds. The molecule has 3 nitrogen and oxygen atoms in total. The van der Waals surface area contributed by atoms with Crippen LogP contribution in [0.4, 0.5) is 0 Å². The van der Waals surface area contributed by atoms with Crippen LogP contribution in [0.2, 0.25) is 0 Å². The molecule has 0 fully saturated rings. The fourth-order valence-corrected chi connectivity index (χ4v) is 1.89. The highest BCUT2D eigenvalue weighted by atomic mass is 16.2. The van der Waals surface area contributed by atoms with E-state index in [9.17, 15) is 4.79 Å². The number of amides is 1. The fraction of sp³-hybridized carbons (Fsp3) is 0.400. The van der Waals surface area contributed by atoms with E-state index in [2.05, 4.69) is 25.8 Å². The van der Waals surface area contributed by atoms with Crippen LogP contribution in [-0.4, -0.2) is 28.4 Å². The number of carbonyl (C=O) groups is 1. The molecule has 18 heavy (non-hydrogen) atoms. The lowest BCUT2D eigenvalue weighted by Crippen LogP contribution is -2.44. The molecule has 0 aliphatic carbocycles. The van der Waals surface area contributed by atoms with E-state index in [1.165, 1.54) is 0 Å². The molecule has 96 valence electrons. The minimum Gasteiger partial charge on any atom is -0.361 e. The van der Waals surface area contributed by atoms with E-state index in [1.54, 1.807) is 0 Å². The first-order valence-electron chi connectivity index (χ1n) is 6.31. The monoisotopic (exact) mass is 244 g/mol. The Morgan fingerprint density at radius 3 is 2.72 bits per heavy atom. The first kappa shape index (κ1) is 12.7. The average Bonchev–Trinajstić information content (AvgIpc) is 2.84. The molecule has 1 aromatic heterocycles. The van der Waals surface area contributed by atoms with Crippen LogP contribution in [-0.2, 0) is 0 Å². The van der Waals surface area contributed by atoms with Gasteiger partial charge in [0.2, 0.25) is 0 Å². The van der Waals surface area contributed by atoms with Crippen molar-refractivity contribution in [2.45, 2.75) is 32.7 Å². The average molecular weight is 244 g/mol. The first-order valence-corrected chi connectivity index (χ1v) is 6.31. The number of benzene rings is 1. The quantitative estimate of drug-likeness (QED) is 0.882. The van der Waals surface area contributed by atoms with Crippen LogP contribution in [0.25, 0.3) is 10.9 Å². The Labute approximate surface area is 108 Å². The number of aromatic nitrogens is 1. The van der Waals surface area contributed by atoms with Crippen molar-refractivity contribution >= 4 is 16.8 Å². The maximum Gasteiger partial charge on any atom is 0.254 e. The molecular weight excluding hydrogens is 224 g/mol. The van der Waals surface area contributed by atoms with Crippen molar-refractivity contribution in [2.75, 3.05) is 7.05 Å². The molecule has 2 rings (SSSR count). The molecule has 2 aromatic rings. The summed E-state index contributed by atoms with van der Waals surface area (Å²) in [6.07, 6.45) is 2.82. The van der Waals surface area contributed by atoms with Crippen LogP contribution in [0, 0.1) is 0 Å². The fourth-order valence-electron chi connectivity index (χ4n) is 1.89. The summed E-state index contributed by atoms with van der Waals surface area (Å²) in [6.45, 7) is 6.26. The summed E-state index contributed by atoms with van der Waals surface area (Å²) in [5.41, 5.74) is 1.61. The van der Waals surface area contributed by atoms with Crippen LogP contribution in [0.3, 0.4) is 0 Å². The van der Waals surface area contributed by atoms with Crippen molar-refractivity contribution in [1.82, 2.24) is 9.88 Å². The van der Waals surface area contributed by atoms with Gasteiger partial charge < -0.3 is 9.88 Å². The Morgan fingerprint density at radius 2 is 2.06 bits per heavy atom. The summed E-state index contributed by atoms with van der Waals surface area (Å²) < 4.78 is 0. The number of hydrogen-bond acceptors (Lipinski definition) is 1. The topological polar surface area (TPSA) is 36.1 Å². The predicted molar refractivity (Wildman–Crippen MR) is 74.8 cm³/mol. The normalized spacial score (nSPS) is 11.8. The lowest BCUT2D eigenvalue weighted by molar-refractivity contribution is 0.0620. The van der Waals surface area contributed by atoms with Crippen LogP contribution in [0.5, 0.6) is 0 Å². The third-order valence-corrected chi connectivity index (χ3v) is 3.88. The highest BCUT2D eigenvalue weighted by Gasteiger charge is 2.26. The number of nitrogens with zero attached hydrogens (tertiary/aromatic N) is 1. The van der Waals surface area contributed by atoms with Crippen molar-refractivity contribution in [1.29, 1.82) is 0 Å². The van der Waals surface area contributed by atoms with E-state index in [4.69, 9.17) is 0 Å². The molecule has 1 heterocycles. The Kier molecular flexibility index (Phi) is 3.16. The molecule has 1 N–H and O–H groups in total. The van der Waals surface area contributed by atoms with Gasteiger partial charge in [-0.3, -0.25) is 4.79 Å². The third kappa shape index (κ3) is 2.13. The maximum atomic E-state index is 12.4. The van der Waals surface area contributed by atoms with E-state index in [-0.39, 0.29) is 11.4 Å². The number of nitrogens with one attached hydrogen (secondary N) is 1. The van der Waals surface area contributed by atoms with Crippen molar-refractivity contribution in [2.24, 2.45) is 0 Å². The zero-order valence-electron chi connectivity index (χ0n) is 11.4. The largest absolute Gasteiger partial charge is 0.361 e. The minimum absolute atomic E-state index is 0.0679. The number of rotatable bonds is 3. The van der Waals surface area contributed by atoms with Gasteiger partial charge in [0, 0.05) is 29.9 Å². The zero-order valence-corrected chi connectivity index (χ0v) is 11.4. The van der Waals surface area contributed by atoms with E-state index < -0.39 is 0 Å². The van der Waals surface area contributed by atoms with E-state index in [0.717, 1.165) is 22.9 Å². The number of fused-ring (bicyclic) bond motifs is 1. The standard InChI is InChI=1S/C15H20N2O/c1-5-15(2,3)17(4)14(18)12-7-6-11-8-9-16-13(11)10-12/h6-10,16H,5H2,1-4H3. The Hall–Kier alpha value is -1.77. The summed E-state index contributed by atoms with van der Waals surface area (Å²) >= 11 is 0. The van der Waals surface area contributed by atoms with Gasteiger partial charge in [-0.2, -0.15) is 0 Å². The summed E-state index contributed by atoms with van der Waals surface area (Å²) in [7, 11) is 1.87. The van der Waals surface area contributed by atoms with E-state index >= 15 is 0 Å². The molecule has 0 atom stereocenters. The molecule has 0 aliphatic heterocycles. The van der Waals surface area contributed by atoms with E-state index in [0.29, 0.717) is 0 Å². The molecule has 1 aromatic carbocycles. The maximum absolute atomic E-state index is 12.4. The van der Waals surface area contributed by atoms with Gasteiger partial charge >= 0.3 is 0 Å². The van der Waals surface area contributed by atoms with Gasteiger partial charge in [0.1, 0.15) is 0 Å². The van der Waals surface area contributed by atoms with Crippen LogP contribution in [0.15, 0.2) is 30.5 Å². The van der Waals surface area contributed by atoms with Crippen molar-refractivity contribution < 1.29 is 4.79 Å². The molecule has 0 bridgehead atoms. The van der Waals surface area contributed by atoms with Crippen LogP contribution in [0.1, 0.15) is 37.6 Å². The summed E-state index contributed by atoms with van der Waals surface area (Å²) in [5, 5.41) is 1.13. The van der Waals surface area contributed by atoms with Gasteiger partial charge in [-0.25, -0.2) is 0 Å². The van der Waals surface area contributed by atoms with Gasteiger partial charge in [-0.05, 0) is 43.9 Å². The molecule has 0 aliphatic rings. The second-order valence-corrected chi connectivity index (χ2v) is 5.31. The lowest BCUT2D eigenvalue weighted by Gasteiger charge is -2.35. The van der Waals surface area contributed by atoms with Crippen molar-refractivity contribution in [3.8, 4) is 0 Å². The second kappa shape index (κ2) is 4.48. The van der Waals surface area contributed by atoms with Gasteiger partial charge in [-0.1, -0.05) is 13.0 Å². The zero-order chi connectivity index (χ0) is 13.3. The summed E-state index contributed by atoms with van der Waals surface area (Å²) in [4.78, 5) is 17.4. The number of carbonyl (C=O) groups excluding carboxylic acids is 1. The molecule has 0 unspecified atom stereocenters. The van der Waals surface area contributed by atoms with E-state index in [1.807, 2.05) is 42.4 Å². The lowest BCUT2D eigenvalue weighted by atomic mass is 9.98. The smallest absolute Gasteiger partial charge is 0.254 e. The highest BCUT2D eigenvalue weighted by molar-refractivity contribution is 5.98. The second-order valence-electron chi connectivity index (χ2n) is 5.31. The Balaban J connectivity index is 2.33. The minimum atomic E-state index is -0.123. The molecule has 0 spiro atoms. The van der Waals surface area contributed by atoms with Gasteiger partial charge in [-0.15, -0.1) is 0 Å². The number of hydrogen-bond donors (Lipinski definition) is 1. The third-order valence-electron chi connectivity index (χ3n) is 3.88. The van der Waals surface area contributed by atoms with Crippen LogP contribution < -0.4 is 0 Å². The Morgan fingerprint density at radius 1 is 1.33 bits per heavy atom. The highest BCUT2D eigenvalue weighted by Crippen LogP contribution is 2.21. The van der Waals surface area contributed by atoms with Crippen LogP contribution >= 0.6 is 0 Å². The Bertz CT molecular complexity index is 569. The van der Waals surface area contributed by atoms with Crippen molar-refractivity contribution in [3.63, 3.8) is 0 Å². The van der Waals surface area contributed by atoms with Crippen molar-refractivity contribution in [3.05, 3.63) is 36.0 Å². The molecular formula is C15H20N2O. The molecule has 3 heteroatoms. The summed E-state index contributed by atoms with van der Waals surface area (Å²) in [5.74, 6) is 0.0679. The molecule has 0 saturated carbocycles. The number of H-pyrrole nitrogens is 1. The summed E-state index contributed by atoms with van der Waals surface area (Å²) in [6, 6.07) is 7.79. The van der Waals surface area contributed by atoms with Gasteiger partial charge in [0.15, 0.2) is 0 Å². The SMILES string of the molecule is CCC(C)(C)N(C)C(=O)c1ccc2cc[nH]c2c1.